The monoisotopic (exact) mass is 827 g/mol. The highest BCUT2D eigenvalue weighted by Crippen LogP contribution is 2.48. The highest BCUT2D eigenvalue weighted by atomic mass is 16.3. The first kappa shape index (κ1) is 50.9. The van der Waals surface area contributed by atoms with Crippen LogP contribution in [0.5, 0.6) is 0 Å². The molecule has 70 heavy (non-hydrogen) atoms. The molecule has 7 aromatic carbocycles. The second-order valence-electron chi connectivity index (χ2n) is 17.9. The van der Waals surface area contributed by atoms with E-state index >= 15 is 0 Å². The molecule has 1 heterocycles. The fraction of sp³-hybridized carbons (Fsp3) is 0.0698. The molecule has 0 amide bonds. The van der Waals surface area contributed by atoms with Crippen LogP contribution in [0.1, 0.15) is 25.0 Å². The number of fused-ring (bicyclic) bond motifs is 7. The van der Waals surface area contributed by atoms with E-state index < -0.39 is 5.41 Å². The van der Waals surface area contributed by atoms with Gasteiger partial charge in [0.2, 0.25) is 0 Å². The van der Waals surface area contributed by atoms with E-state index in [2.05, 4.69) is 0 Å². The first-order chi connectivity index (χ1) is 32.5. The van der Waals surface area contributed by atoms with Gasteiger partial charge in [-0.2, -0.15) is 0 Å². The van der Waals surface area contributed by atoms with Gasteiger partial charge >= 0.3 is 0 Å². The smallest absolute Gasteiger partial charge is 0.128 e. The van der Waals surface area contributed by atoms with Gasteiger partial charge in [-0.25, -0.2) is 0 Å². The summed E-state index contributed by atoms with van der Waals surface area (Å²) in [7, 11) is 169. The number of furan rings is 1. The molecule has 2 nitrogen and oxygen atoms in total. The minimum Gasteiger partial charge on any atom is -0.457 e. The summed E-state index contributed by atoms with van der Waals surface area (Å²) >= 11 is 0. The van der Waals surface area contributed by atoms with Gasteiger partial charge in [-0.15, -0.1) is 43.7 Å². The predicted molar refractivity (Wildman–Crippen MR) is 324 cm³/mol. The van der Waals surface area contributed by atoms with Gasteiger partial charge in [0.1, 0.15) is 207 Å². The summed E-state index contributed by atoms with van der Waals surface area (Å²) in [6, 6.07) is 0. The van der Waals surface area contributed by atoms with Crippen molar-refractivity contribution in [1.29, 1.82) is 0 Å². The van der Waals surface area contributed by atoms with Crippen LogP contribution < -0.4 is 141 Å². The normalized spacial score (nSPS) is 12.8. The molecular weight excluding hydrogens is 817 g/mol. The molecule has 0 saturated heterocycles. The van der Waals surface area contributed by atoms with Crippen LogP contribution in [0.2, 0.25) is 0 Å². The maximum Gasteiger partial charge on any atom is 0.128 e. The van der Waals surface area contributed by atoms with E-state index in [9.17, 15) is 0 Å². The van der Waals surface area contributed by atoms with Crippen LogP contribution in [0.3, 0.4) is 0 Å². The molecule has 8 aromatic rings. The molecule has 27 heteroatoms. The zero-order chi connectivity index (χ0) is 51.9. The van der Waals surface area contributed by atoms with Crippen LogP contribution in [0.4, 0.5) is 17.1 Å². The van der Waals surface area contributed by atoms with Crippen LogP contribution in [0.15, 0.2) is 4.42 Å². The molecule has 0 fully saturated rings. The summed E-state index contributed by atoms with van der Waals surface area (Å²) in [5.74, 6) is 0. The Kier molecular flexibility index (Phi) is 12.2. The van der Waals surface area contributed by atoms with Crippen molar-refractivity contribution in [3.8, 4) is 22.3 Å². The summed E-state index contributed by atoms with van der Waals surface area (Å²) in [6.07, 6.45) is 0. The molecule has 0 aliphatic heterocycles. The fourth-order valence-electron chi connectivity index (χ4n) is 10.3. The van der Waals surface area contributed by atoms with Crippen LogP contribution in [-0.2, 0) is 5.41 Å². The zero-order valence-corrected chi connectivity index (χ0v) is 37.8. The Balaban J connectivity index is 1.45. The Morgan fingerprint density at radius 1 is 0.243 bits per heavy atom. The summed E-state index contributed by atoms with van der Waals surface area (Å²) in [5, 5.41) is 0.771. The summed E-state index contributed by atoms with van der Waals surface area (Å²) < 4.78 is 6.30. The topological polar surface area (TPSA) is 16.4 Å². The number of rotatable bonds is 4. The molecule has 0 unspecified atom stereocenters. The largest absolute Gasteiger partial charge is 0.457 e. The van der Waals surface area contributed by atoms with Gasteiger partial charge in [-0.05, 0) is 49.6 Å². The standard InChI is InChI=1S/C43H6B25NO/c1-43(2)11-4(23(54)41-9(14(11)45)10-21(52)27(58)32(63)37(68)42(10)70-41)3-12(43)24(55)39(33(64)15(3)46)69(40-35(66)30(61)29(60)31(62)36(40)67)38-22(53)8(20(51)28(59)34(38)65)6-13(44)5-7(17(48)16(6)47)19(50)26(57)25(56)18(5)49/h1-2H3. The molecule has 1 aliphatic carbocycles. The van der Waals surface area contributed by atoms with Crippen molar-refractivity contribution in [2.75, 3.05) is 4.90 Å². The number of anilines is 3. The van der Waals surface area contributed by atoms with Gasteiger partial charge in [0, 0.05) is 33.2 Å². The molecule has 1 aromatic heterocycles. The fourth-order valence-corrected chi connectivity index (χ4v) is 10.3. The van der Waals surface area contributed by atoms with Gasteiger partial charge in [0.05, 0.1) is 0 Å². The molecule has 0 spiro atoms. The second kappa shape index (κ2) is 16.8. The van der Waals surface area contributed by atoms with E-state index in [1.807, 2.05) is 13.8 Å². The first-order valence-electron chi connectivity index (χ1n) is 20.8. The van der Waals surface area contributed by atoms with E-state index in [0.717, 1.165) is 0 Å². The van der Waals surface area contributed by atoms with E-state index in [1.165, 1.54) is 4.90 Å². The Bertz CT molecular complexity index is 3790. The minimum absolute atomic E-state index is 0.0161. The van der Waals surface area contributed by atoms with Gasteiger partial charge in [-0.3, -0.25) is 0 Å². The number of hydrogen-bond acceptors (Lipinski definition) is 2. The van der Waals surface area contributed by atoms with Crippen LogP contribution in [0.25, 0.3) is 55.0 Å². The zero-order valence-electron chi connectivity index (χ0n) is 37.8. The van der Waals surface area contributed by atoms with Crippen molar-refractivity contribution >= 4 is 383 Å². The van der Waals surface area contributed by atoms with Crippen LogP contribution in [-0.4, -0.2) is 196 Å². The lowest BCUT2D eigenvalue weighted by molar-refractivity contribution is 0.666. The van der Waals surface area contributed by atoms with Gasteiger partial charge < -0.3 is 9.32 Å². The molecule has 9 rings (SSSR count). The second-order valence-corrected chi connectivity index (χ2v) is 17.9. The van der Waals surface area contributed by atoms with Crippen molar-refractivity contribution in [2.45, 2.75) is 19.3 Å². The van der Waals surface area contributed by atoms with E-state index in [4.69, 9.17) is 201 Å². The molecule has 0 N–H and O–H groups in total. The Hall–Kier alpha value is -3.98. The van der Waals surface area contributed by atoms with Crippen molar-refractivity contribution in [1.82, 2.24) is 0 Å². The van der Waals surface area contributed by atoms with Crippen molar-refractivity contribution in [3.63, 3.8) is 0 Å². The number of benzene rings is 7. The van der Waals surface area contributed by atoms with Crippen molar-refractivity contribution < 1.29 is 4.42 Å². The summed E-state index contributed by atoms with van der Waals surface area (Å²) in [6.45, 7) is 3.65. The molecule has 0 saturated carbocycles. The number of hydrogen-bond donors (Lipinski definition) is 0. The maximum atomic E-state index is 7.46. The highest BCUT2D eigenvalue weighted by molar-refractivity contribution is 6.75. The maximum absolute atomic E-state index is 7.46. The predicted octanol–water partition coefficient (Wildman–Crippen LogP) is -18.0. The molecule has 50 radical (unpaired) electrons. The van der Waals surface area contributed by atoms with Gasteiger partial charge in [-0.1, -0.05) is 101 Å². The quantitative estimate of drug-likeness (QED) is 0.164. The number of nitrogens with zero attached hydrogens (tertiary/aromatic N) is 1. The van der Waals surface area contributed by atoms with E-state index in [1.54, 1.807) is 0 Å². The third-order valence-corrected chi connectivity index (χ3v) is 13.9. The highest BCUT2D eigenvalue weighted by Gasteiger charge is 2.43. The Morgan fingerprint density at radius 3 is 1.06 bits per heavy atom. The van der Waals surface area contributed by atoms with E-state index in [-0.39, 0.29) is 198 Å². The lowest BCUT2D eigenvalue weighted by Crippen LogP contribution is -2.58. The van der Waals surface area contributed by atoms with Gasteiger partial charge in [0.15, 0.2) is 0 Å². The van der Waals surface area contributed by atoms with Crippen molar-refractivity contribution in [2.24, 2.45) is 0 Å². The molecule has 0 bridgehead atoms. The van der Waals surface area contributed by atoms with Crippen molar-refractivity contribution in [3.05, 3.63) is 11.1 Å². The summed E-state index contributed by atoms with van der Waals surface area (Å²) in [5.41, 5.74) is -3.11. The SMILES string of the molecule is [B]c1c([B])c([B])c(N(c2c([B])c([B])c([B])c(-c3c([B])c([B])c4c([B])c([B])c([B])c([B])c4c3[B])c2[B])c2c([B])c([B])c3c(c2[B])C(C)(C)c2c-3c([B])c3oc4c([B])c([B])c([B])c([B])c4c3c2[B])c([B])c1[B]. The third kappa shape index (κ3) is 6.36. The Morgan fingerprint density at radius 2 is 0.529 bits per heavy atom. The molecule has 1 aliphatic rings. The third-order valence-electron chi connectivity index (χ3n) is 13.9. The van der Waals surface area contributed by atoms with E-state index in [0.29, 0.717) is 22.1 Å². The van der Waals surface area contributed by atoms with Gasteiger partial charge in [0.25, 0.3) is 0 Å². The molecular formula is C43H6B25NO. The molecule has 264 valence electrons. The Labute approximate surface area is 441 Å². The first-order valence-corrected chi connectivity index (χ1v) is 20.8. The van der Waals surface area contributed by atoms with Crippen LogP contribution in [0, 0.1) is 0 Å². The average Bonchev–Trinajstić information content (AvgIpc) is 3.84. The average molecular weight is 823 g/mol. The lowest BCUT2D eigenvalue weighted by Gasteiger charge is -2.41. The lowest BCUT2D eigenvalue weighted by atomic mass is 9.56. The minimum atomic E-state index is -1.20. The molecule has 0 atom stereocenters. The summed E-state index contributed by atoms with van der Waals surface area (Å²) in [4.78, 5) is 1.28. The van der Waals surface area contributed by atoms with Crippen LogP contribution >= 0.6 is 0 Å².